The predicted molar refractivity (Wildman–Crippen MR) is 107 cm³/mol. The Hall–Kier alpha value is -2.26. The molecular formula is C19H20N2O4S2. The van der Waals surface area contributed by atoms with Gasteiger partial charge in [-0.05, 0) is 48.7 Å². The molecule has 1 amide bonds. The molecule has 1 heterocycles. The summed E-state index contributed by atoms with van der Waals surface area (Å²) in [7, 11) is -3.79. The molecule has 0 radical (unpaired) electrons. The number of anilines is 1. The first-order valence-electron chi connectivity index (χ1n) is 8.26. The molecule has 3 rings (SSSR count). The van der Waals surface area contributed by atoms with Gasteiger partial charge in [0.05, 0.1) is 4.90 Å². The van der Waals surface area contributed by atoms with Gasteiger partial charge < -0.3 is 10.4 Å². The molecular weight excluding hydrogens is 384 g/mol. The monoisotopic (exact) mass is 404 g/mol. The van der Waals surface area contributed by atoms with Gasteiger partial charge in [-0.1, -0.05) is 18.2 Å². The van der Waals surface area contributed by atoms with Gasteiger partial charge in [0, 0.05) is 28.7 Å². The zero-order valence-electron chi connectivity index (χ0n) is 14.9. The number of sulfonamides is 1. The number of benzene rings is 2. The zero-order chi connectivity index (χ0) is 19.7. The van der Waals surface area contributed by atoms with E-state index in [-0.39, 0.29) is 17.3 Å². The van der Waals surface area contributed by atoms with Crippen LogP contribution in [0.5, 0.6) is 0 Å². The van der Waals surface area contributed by atoms with Gasteiger partial charge in [0.25, 0.3) is 0 Å². The van der Waals surface area contributed by atoms with Gasteiger partial charge in [-0.25, -0.2) is 13.1 Å². The molecule has 1 aromatic heterocycles. The minimum atomic E-state index is -3.79. The largest absolute Gasteiger partial charge is 0.383 e. The van der Waals surface area contributed by atoms with Gasteiger partial charge in [-0.15, -0.1) is 11.3 Å². The molecule has 6 nitrogen and oxygen atoms in total. The van der Waals surface area contributed by atoms with Crippen LogP contribution in [0.25, 0.3) is 10.1 Å². The lowest BCUT2D eigenvalue weighted by atomic mass is 10.1. The second kappa shape index (κ2) is 7.40. The van der Waals surface area contributed by atoms with E-state index in [9.17, 15) is 18.3 Å². The predicted octanol–water partition coefficient (Wildman–Crippen LogP) is 3.05. The van der Waals surface area contributed by atoms with Crippen LogP contribution in [0, 0.1) is 0 Å². The Bertz CT molecular complexity index is 1040. The molecule has 1 atom stereocenters. The van der Waals surface area contributed by atoms with Gasteiger partial charge in [-0.2, -0.15) is 0 Å². The van der Waals surface area contributed by atoms with E-state index in [4.69, 9.17) is 0 Å². The van der Waals surface area contributed by atoms with E-state index in [0.717, 1.165) is 10.1 Å². The minimum absolute atomic E-state index is 0.0590. The SMILES string of the molecule is CC(=O)Nc1ccc(S(=O)(=O)NCC(C)(O)c2cc3ccccc3s2)cc1. The van der Waals surface area contributed by atoms with Crippen LogP contribution in [0.2, 0.25) is 0 Å². The summed E-state index contributed by atoms with van der Waals surface area (Å²) < 4.78 is 28.5. The van der Waals surface area contributed by atoms with Crippen molar-refractivity contribution < 1.29 is 18.3 Å². The number of hydrogen-bond donors (Lipinski definition) is 3. The number of carbonyl (C=O) groups excluding carboxylic acids is 1. The van der Waals surface area contributed by atoms with Crippen molar-refractivity contribution in [3.05, 3.63) is 59.5 Å². The third-order valence-corrected chi connectivity index (χ3v) is 6.83. The second-order valence-corrected chi connectivity index (χ2v) is 9.30. The van der Waals surface area contributed by atoms with Crippen LogP contribution in [0.3, 0.4) is 0 Å². The lowest BCUT2D eigenvalue weighted by Crippen LogP contribution is -2.38. The van der Waals surface area contributed by atoms with Gasteiger partial charge in [0.15, 0.2) is 0 Å². The van der Waals surface area contributed by atoms with Crippen LogP contribution in [0.4, 0.5) is 5.69 Å². The molecule has 0 spiro atoms. The number of amides is 1. The van der Waals surface area contributed by atoms with E-state index in [0.29, 0.717) is 10.6 Å². The normalized spacial score (nSPS) is 14.0. The Balaban J connectivity index is 1.74. The van der Waals surface area contributed by atoms with Crippen molar-refractivity contribution in [1.29, 1.82) is 0 Å². The zero-order valence-corrected chi connectivity index (χ0v) is 16.5. The highest BCUT2D eigenvalue weighted by atomic mass is 32.2. The molecule has 8 heteroatoms. The van der Waals surface area contributed by atoms with Crippen LogP contribution in [0.1, 0.15) is 18.7 Å². The summed E-state index contributed by atoms with van der Waals surface area (Å²) in [6.07, 6.45) is 0. The number of thiophene rings is 1. The Kier molecular flexibility index (Phi) is 5.34. The van der Waals surface area contributed by atoms with Crippen molar-refractivity contribution in [1.82, 2.24) is 4.72 Å². The first kappa shape index (κ1) is 19.5. The van der Waals surface area contributed by atoms with Gasteiger partial charge in [0.1, 0.15) is 5.60 Å². The molecule has 27 heavy (non-hydrogen) atoms. The Morgan fingerprint density at radius 1 is 1.15 bits per heavy atom. The van der Waals surface area contributed by atoms with Crippen LogP contribution >= 0.6 is 11.3 Å². The third kappa shape index (κ3) is 4.54. The summed E-state index contributed by atoms with van der Waals surface area (Å²) >= 11 is 1.43. The number of rotatable bonds is 6. The molecule has 3 aromatic rings. The summed E-state index contributed by atoms with van der Waals surface area (Å²) in [5, 5.41) is 14.4. The molecule has 0 aliphatic carbocycles. The standard InChI is InChI=1S/C19H20N2O4S2/c1-13(22)21-15-7-9-16(10-8-15)27(24,25)20-12-19(2,23)18-11-14-5-3-4-6-17(14)26-18/h3-11,20,23H,12H2,1-2H3,(H,21,22). The van der Waals surface area contributed by atoms with E-state index >= 15 is 0 Å². The number of carbonyl (C=O) groups is 1. The van der Waals surface area contributed by atoms with Gasteiger partial charge in [-0.3, -0.25) is 4.79 Å². The lowest BCUT2D eigenvalue weighted by molar-refractivity contribution is -0.114. The maximum absolute atomic E-state index is 12.5. The Labute approximate surface area is 161 Å². The maximum Gasteiger partial charge on any atom is 0.240 e. The number of nitrogens with one attached hydrogen (secondary N) is 2. The van der Waals surface area contributed by atoms with Gasteiger partial charge >= 0.3 is 0 Å². The first-order chi connectivity index (χ1) is 12.7. The third-order valence-electron chi connectivity index (χ3n) is 4.05. The Morgan fingerprint density at radius 3 is 2.44 bits per heavy atom. The molecule has 0 saturated heterocycles. The molecule has 0 saturated carbocycles. The van der Waals surface area contributed by atoms with Crippen molar-refractivity contribution in [2.75, 3.05) is 11.9 Å². The number of fused-ring (bicyclic) bond motifs is 1. The van der Waals surface area contributed by atoms with Crippen LogP contribution < -0.4 is 10.0 Å². The quantitative estimate of drug-likeness (QED) is 0.588. The highest BCUT2D eigenvalue weighted by molar-refractivity contribution is 7.89. The summed E-state index contributed by atoms with van der Waals surface area (Å²) in [6, 6.07) is 15.5. The second-order valence-electron chi connectivity index (χ2n) is 6.45. The summed E-state index contributed by atoms with van der Waals surface area (Å²) in [6.45, 7) is 2.80. The fraction of sp³-hybridized carbons (Fsp3) is 0.211. The average molecular weight is 405 g/mol. The molecule has 0 aliphatic rings. The molecule has 2 aromatic carbocycles. The van der Waals surface area contributed by atoms with Crippen molar-refractivity contribution in [3.8, 4) is 0 Å². The summed E-state index contributed by atoms with van der Waals surface area (Å²) in [4.78, 5) is 11.8. The van der Waals surface area contributed by atoms with E-state index in [1.54, 1.807) is 6.92 Å². The first-order valence-corrected chi connectivity index (χ1v) is 10.6. The van der Waals surface area contributed by atoms with E-state index in [1.165, 1.54) is 42.5 Å². The van der Waals surface area contributed by atoms with Crippen LogP contribution in [-0.4, -0.2) is 26.0 Å². The smallest absolute Gasteiger partial charge is 0.240 e. The highest BCUT2D eigenvalue weighted by Crippen LogP contribution is 2.33. The number of hydrogen-bond acceptors (Lipinski definition) is 5. The van der Waals surface area contributed by atoms with E-state index < -0.39 is 15.6 Å². The van der Waals surface area contributed by atoms with Crippen molar-refractivity contribution in [2.24, 2.45) is 0 Å². The maximum atomic E-state index is 12.5. The molecule has 3 N–H and O–H groups in total. The minimum Gasteiger partial charge on any atom is -0.383 e. The number of aliphatic hydroxyl groups is 1. The average Bonchev–Trinajstić information content (AvgIpc) is 3.05. The van der Waals surface area contributed by atoms with Crippen LogP contribution in [0.15, 0.2) is 59.5 Å². The van der Waals surface area contributed by atoms with E-state index in [1.807, 2.05) is 30.3 Å². The molecule has 0 bridgehead atoms. The van der Waals surface area contributed by atoms with Crippen molar-refractivity contribution >= 4 is 43.0 Å². The molecule has 0 aliphatic heterocycles. The summed E-state index contributed by atoms with van der Waals surface area (Å²) in [5.41, 5.74) is -0.828. The molecule has 0 fully saturated rings. The van der Waals surface area contributed by atoms with Crippen molar-refractivity contribution in [2.45, 2.75) is 24.3 Å². The highest BCUT2D eigenvalue weighted by Gasteiger charge is 2.28. The molecule has 142 valence electrons. The topological polar surface area (TPSA) is 95.5 Å². The van der Waals surface area contributed by atoms with Crippen molar-refractivity contribution in [3.63, 3.8) is 0 Å². The lowest BCUT2D eigenvalue weighted by Gasteiger charge is -2.22. The summed E-state index contributed by atoms with van der Waals surface area (Å²) in [5.74, 6) is -0.233. The molecule has 1 unspecified atom stereocenters. The Morgan fingerprint density at radius 2 is 1.81 bits per heavy atom. The van der Waals surface area contributed by atoms with Gasteiger partial charge in [0.2, 0.25) is 15.9 Å². The fourth-order valence-electron chi connectivity index (χ4n) is 2.57. The van der Waals surface area contributed by atoms with Crippen LogP contribution in [-0.2, 0) is 20.4 Å². The fourth-order valence-corrected chi connectivity index (χ4v) is 4.81. The van der Waals surface area contributed by atoms with E-state index in [2.05, 4.69) is 10.0 Å².